The van der Waals surface area contributed by atoms with Crippen molar-refractivity contribution in [3.63, 3.8) is 0 Å². The first kappa shape index (κ1) is 15.5. The van der Waals surface area contributed by atoms with E-state index in [2.05, 4.69) is 5.32 Å². The van der Waals surface area contributed by atoms with Gasteiger partial charge in [0.25, 0.3) is 5.91 Å². The molecular formula is C17H23NO3. The van der Waals surface area contributed by atoms with Gasteiger partial charge in [-0.3, -0.25) is 4.79 Å². The zero-order valence-corrected chi connectivity index (χ0v) is 12.5. The number of nitrogens with one attached hydrogen (secondary N) is 1. The van der Waals surface area contributed by atoms with Crippen LogP contribution in [0.3, 0.4) is 0 Å². The van der Waals surface area contributed by atoms with Crippen molar-refractivity contribution in [1.82, 2.24) is 5.32 Å². The topological polar surface area (TPSA) is 66.4 Å². The van der Waals surface area contributed by atoms with Crippen LogP contribution in [0.5, 0.6) is 0 Å². The van der Waals surface area contributed by atoms with Crippen molar-refractivity contribution in [2.45, 2.75) is 51.5 Å². The zero-order chi connectivity index (χ0) is 15.2. The molecule has 0 heterocycles. The molecule has 0 bridgehead atoms. The van der Waals surface area contributed by atoms with E-state index in [1.165, 1.54) is 31.7 Å². The lowest BCUT2D eigenvalue weighted by Gasteiger charge is -2.23. The molecule has 1 aromatic rings. The number of amides is 1. The smallest absolute Gasteiger partial charge is 0.336 e. The highest BCUT2D eigenvalue weighted by Gasteiger charge is 2.23. The Morgan fingerprint density at radius 3 is 2.24 bits per heavy atom. The average molecular weight is 289 g/mol. The predicted molar refractivity (Wildman–Crippen MR) is 81.5 cm³/mol. The second-order valence-electron chi connectivity index (χ2n) is 5.86. The number of hydrogen-bond acceptors (Lipinski definition) is 2. The van der Waals surface area contributed by atoms with Crippen molar-refractivity contribution in [1.29, 1.82) is 0 Å². The summed E-state index contributed by atoms with van der Waals surface area (Å²) in [4.78, 5) is 23.5. The van der Waals surface area contributed by atoms with Crippen molar-refractivity contribution in [2.75, 3.05) is 0 Å². The summed E-state index contributed by atoms with van der Waals surface area (Å²) < 4.78 is 0. The number of rotatable bonds is 4. The third-order valence-corrected chi connectivity index (χ3v) is 4.37. The molecule has 1 aliphatic rings. The van der Waals surface area contributed by atoms with Gasteiger partial charge >= 0.3 is 5.97 Å². The van der Waals surface area contributed by atoms with E-state index in [1.54, 1.807) is 18.2 Å². The maximum Gasteiger partial charge on any atom is 0.336 e. The van der Waals surface area contributed by atoms with Crippen molar-refractivity contribution in [3.05, 3.63) is 35.4 Å². The van der Waals surface area contributed by atoms with Gasteiger partial charge in [0.15, 0.2) is 0 Å². The molecule has 1 aromatic carbocycles. The number of carbonyl (C=O) groups is 2. The van der Waals surface area contributed by atoms with Gasteiger partial charge in [-0.25, -0.2) is 4.79 Å². The molecule has 114 valence electrons. The van der Waals surface area contributed by atoms with Gasteiger partial charge in [0, 0.05) is 6.04 Å². The first-order valence-corrected chi connectivity index (χ1v) is 7.73. The molecule has 1 aliphatic carbocycles. The Morgan fingerprint density at radius 2 is 1.67 bits per heavy atom. The lowest BCUT2D eigenvalue weighted by atomic mass is 9.92. The molecular weight excluding hydrogens is 266 g/mol. The summed E-state index contributed by atoms with van der Waals surface area (Å²) >= 11 is 0. The van der Waals surface area contributed by atoms with E-state index in [1.807, 2.05) is 6.92 Å². The Kier molecular flexibility index (Phi) is 5.37. The van der Waals surface area contributed by atoms with Crippen LogP contribution in [-0.2, 0) is 0 Å². The Bertz CT molecular complexity index is 505. The van der Waals surface area contributed by atoms with Gasteiger partial charge in [-0.2, -0.15) is 0 Å². The molecule has 0 unspecified atom stereocenters. The minimum Gasteiger partial charge on any atom is -0.478 e. The Balaban J connectivity index is 2.05. The van der Waals surface area contributed by atoms with Crippen LogP contribution in [0.15, 0.2) is 24.3 Å². The van der Waals surface area contributed by atoms with E-state index in [-0.39, 0.29) is 23.1 Å². The third-order valence-electron chi connectivity index (χ3n) is 4.37. The van der Waals surface area contributed by atoms with E-state index in [0.29, 0.717) is 5.92 Å². The predicted octanol–water partition coefficient (Wildman–Crippen LogP) is 3.47. The molecule has 2 rings (SSSR count). The minimum atomic E-state index is -1.07. The number of carboxylic acid groups (broad SMARTS) is 1. The van der Waals surface area contributed by atoms with E-state index in [0.717, 1.165) is 12.8 Å². The van der Waals surface area contributed by atoms with Gasteiger partial charge in [-0.05, 0) is 37.8 Å². The van der Waals surface area contributed by atoms with Crippen LogP contribution in [-0.4, -0.2) is 23.0 Å². The Hall–Kier alpha value is -1.84. The fourth-order valence-corrected chi connectivity index (χ4v) is 3.08. The molecule has 4 nitrogen and oxygen atoms in total. The highest BCUT2D eigenvalue weighted by atomic mass is 16.4. The van der Waals surface area contributed by atoms with Crippen molar-refractivity contribution in [3.8, 4) is 0 Å². The molecule has 0 saturated heterocycles. The molecule has 1 fully saturated rings. The lowest BCUT2D eigenvalue weighted by molar-refractivity contribution is 0.0690. The Labute approximate surface area is 125 Å². The summed E-state index contributed by atoms with van der Waals surface area (Å²) in [6.07, 6.45) is 7.27. The second-order valence-corrected chi connectivity index (χ2v) is 5.86. The van der Waals surface area contributed by atoms with Gasteiger partial charge in [0.2, 0.25) is 0 Å². The summed E-state index contributed by atoms with van der Waals surface area (Å²) in [6, 6.07) is 6.44. The van der Waals surface area contributed by atoms with E-state index in [4.69, 9.17) is 5.11 Å². The normalized spacial score (nSPS) is 17.8. The molecule has 0 spiro atoms. The molecule has 21 heavy (non-hydrogen) atoms. The number of carbonyl (C=O) groups excluding carboxylic acids is 1. The maximum atomic E-state index is 12.3. The van der Waals surface area contributed by atoms with Gasteiger partial charge in [-0.15, -0.1) is 0 Å². The monoisotopic (exact) mass is 289 g/mol. The third kappa shape index (κ3) is 4.06. The number of benzene rings is 1. The molecule has 1 saturated carbocycles. The van der Waals surface area contributed by atoms with E-state index in [9.17, 15) is 9.59 Å². The molecule has 0 radical (unpaired) electrons. The Morgan fingerprint density at radius 1 is 1.10 bits per heavy atom. The van der Waals surface area contributed by atoms with Crippen LogP contribution in [0.25, 0.3) is 0 Å². The van der Waals surface area contributed by atoms with Gasteiger partial charge in [0.05, 0.1) is 11.1 Å². The van der Waals surface area contributed by atoms with Crippen LogP contribution in [0, 0.1) is 5.92 Å². The summed E-state index contributed by atoms with van der Waals surface area (Å²) in [5.74, 6) is -0.860. The molecule has 0 aromatic heterocycles. The highest BCUT2D eigenvalue weighted by molar-refractivity contribution is 6.04. The zero-order valence-electron chi connectivity index (χ0n) is 12.5. The number of carboxylic acids is 1. The van der Waals surface area contributed by atoms with Gasteiger partial charge < -0.3 is 10.4 Å². The molecule has 1 atom stereocenters. The molecule has 0 aliphatic heterocycles. The fourth-order valence-electron chi connectivity index (χ4n) is 3.08. The first-order valence-electron chi connectivity index (χ1n) is 7.73. The van der Waals surface area contributed by atoms with Gasteiger partial charge in [0.1, 0.15) is 0 Å². The van der Waals surface area contributed by atoms with Crippen molar-refractivity contribution in [2.24, 2.45) is 5.92 Å². The summed E-state index contributed by atoms with van der Waals surface area (Å²) in [7, 11) is 0. The number of hydrogen-bond donors (Lipinski definition) is 2. The minimum absolute atomic E-state index is 0.0584. The largest absolute Gasteiger partial charge is 0.478 e. The van der Waals surface area contributed by atoms with Gasteiger partial charge in [-0.1, -0.05) is 37.8 Å². The van der Waals surface area contributed by atoms with Crippen molar-refractivity contribution < 1.29 is 14.7 Å². The SMILES string of the molecule is C[C@@H](NC(=O)c1ccccc1C(=O)O)C1CCCCCC1. The summed E-state index contributed by atoms with van der Waals surface area (Å²) in [5, 5.41) is 12.1. The molecule has 1 amide bonds. The molecule has 2 N–H and O–H groups in total. The van der Waals surface area contributed by atoms with Crippen molar-refractivity contribution >= 4 is 11.9 Å². The summed E-state index contributed by atoms with van der Waals surface area (Å²) in [5.41, 5.74) is 0.300. The van der Waals surface area contributed by atoms with Crippen LogP contribution >= 0.6 is 0 Å². The van der Waals surface area contributed by atoms with E-state index < -0.39 is 5.97 Å². The second kappa shape index (κ2) is 7.25. The highest BCUT2D eigenvalue weighted by Crippen LogP contribution is 2.25. The fraction of sp³-hybridized carbons (Fsp3) is 0.529. The molecule has 4 heteroatoms. The van der Waals surface area contributed by atoms with Crippen LogP contribution in [0.2, 0.25) is 0 Å². The van der Waals surface area contributed by atoms with Crippen LogP contribution < -0.4 is 5.32 Å². The maximum absolute atomic E-state index is 12.3. The first-order chi connectivity index (χ1) is 10.1. The lowest BCUT2D eigenvalue weighted by Crippen LogP contribution is -2.38. The van der Waals surface area contributed by atoms with E-state index >= 15 is 0 Å². The van der Waals surface area contributed by atoms with Crippen LogP contribution in [0.4, 0.5) is 0 Å². The van der Waals surface area contributed by atoms with Crippen LogP contribution in [0.1, 0.15) is 66.2 Å². The standard InChI is InChI=1S/C17H23NO3/c1-12(13-8-4-2-3-5-9-13)18-16(19)14-10-6-7-11-15(14)17(20)21/h6-7,10-13H,2-5,8-9H2,1H3,(H,18,19)(H,20,21)/t12-/m1/s1. The number of aromatic carboxylic acids is 1. The quantitative estimate of drug-likeness (QED) is 0.834. The summed E-state index contributed by atoms with van der Waals surface area (Å²) in [6.45, 7) is 2.03. The average Bonchev–Trinajstić information content (AvgIpc) is 2.76.